The number of aromatic hydroxyl groups is 4. The van der Waals surface area contributed by atoms with Gasteiger partial charge in [0.25, 0.3) is 0 Å². The van der Waals surface area contributed by atoms with E-state index in [0.29, 0.717) is 67.5 Å². The van der Waals surface area contributed by atoms with Gasteiger partial charge in [0, 0.05) is 92.4 Å². The molecule has 0 fully saturated rings. The third-order valence-corrected chi connectivity index (χ3v) is 14.9. The van der Waals surface area contributed by atoms with Crippen molar-refractivity contribution in [1.29, 1.82) is 0 Å². The van der Waals surface area contributed by atoms with Crippen molar-refractivity contribution in [2.45, 2.75) is 79.1 Å². The van der Waals surface area contributed by atoms with Crippen LogP contribution in [0.1, 0.15) is 135 Å². The van der Waals surface area contributed by atoms with Crippen molar-refractivity contribution in [3.63, 3.8) is 0 Å². The lowest BCUT2D eigenvalue weighted by atomic mass is 9.73. The summed E-state index contributed by atoms with van der Waals surface area (Å²) in [6, 6.07) is 39.9. The van der Waals surface area contributed by atoms with E-state index in [1.54, 1.807) is 52.7 Å². The van der Waals surface area contributed by atoms with Gasteiger partial charge in [-0.05, 0) is 124 Å². The van der Waals surface area contributed by atoms with Gasteiger partial charge in [-0.2, -0.15) is 0 Å². The SMILES string of the molecule is COc1cc(O)c2cc1C(c1ccc(C)cc1C)c1cc(c(O)cc1OC)C(c1ccc(C)cc1C)c1cc(c(OC)cc1O)C(c1ccc(C)cc1C)c1cc(c(O)cc1OC)C2c1ccc(C)cc1C. The minimum absolute atomic E-state index is 0.0260. The molecule has 8 aromatic rings. The van der Waals surface area contributed by atoms with Gasteiger partial charge in [-0.1, -0.05) is 95.1 Å². The predicted molar refractivity (Wildman–Crippen MR) is 286 cm³/mol. The molecule has 0 aliphatic heterocycles. The summed E-state index contributed by atoms with van der Waals surface area (Å²) in [7, 11) is 6.39. The summed E-state index contributed by atoms with van der Waals surface area (Å²) >= 11 is 0. The van der Waals surface area contributed by atoms with Gasteiger partial charge in [0.2, 0.25) is 0 Å². The first-order valence-electron chi connectivity index (χ1n) is 24.4. The number of fused-ring (bicyclic) bond motifs is 8. The monoisotopic (exact) mass is 960 g/mol. The maximum atomic E-state index is 12.6. The fourth-order valence-corrected chi connectivity index (χ4v) is 11.6. The highest BCUT2D eigenvalue weighted by Gasteiger charge is 2.37. The van der Waals surface area contributed by atoms with Crippen LogP contribution >= 0.6 is 0 Å². The minimum Gasteiger partial charge on any atom is -0.507 e. The van der Waals surface area contributed by atoms with Crippen LogP contribution in [-0.4, -0.2) is 48.9 Å². The Hall–Kier alpha value is -7.84. The second-order valence-electron chi connectivity index (χ2n) is 19.8. The van der Waals surface area contributed by atoms with E-state index in [1.807, 2.05) is 38.1 Å². The van der Waals surface area contributed by atoms with Gasteiger partial charge in [0.05, 0.1) is 28.4 Å². The molecule has 0 heterocycles. The molecule has 0 radical (unpaired) electrons. The van der Waals surface area contributed by atoms with Crippen LogP contribution in [0.2, 0.25) is 0 Å². The number of aryl methyl sites for hydroxylation is 8. The number of phenolic OH excluding ortho intramolecular Hbond substituents is 4. The van der Waals surface area contributed by atoms with Crippen molar-refractivity contribution in [1.82, 2.24) is 0 Å². The molecule has 1 aliphatic carbocycles. The molecule has 368 valence electrons. The first kappa shape index (κ1) is 49.2. The number of phenols is 4. The second kappa shape index (κ2) is 19.4. The highest BCUT2D eigenvalue weighted by atomic mass is 16.5. The van der Waals surface area contributed by atoms with E-state index < -0.39 is 23.7 Å². The largest absolute Gasteiger partial charge is 0.507 e. The number of methoxy groups -OCH3 is 4. The quantitative estimate of drug-likeness (QED) is 0.119. The lowest BCUT2D eigenvalue weighted by Crippen LogP contribution is -2.15. The highest BCUT2D eigenvalue weighted by molar-refractivity contribution is 5.69. The van der Waals surface area contributed by atoms with Gasteiger partial charge in [0.1, 0.15) is 46.0 Å². The van der Waals surface area contributed by atoms with E-state index >= 15 is 0 Å². The summed E-state index contributed by atoms with van der Waals surface area (Å²) in [6.07, 6.45) is 0. The van der Waals surface area contributed by atoms with Crippen molar-refractivity contribution < 1.29 is 39.4 Å². The van der Waals surface area contributed by atoms with E-state index in [2.05, 4.69) is 114 Å². The standard InChI is InChI=1S/C64H64O8/c1-33-13-17-41(37(5)21-33)61-45-25-49(57(69-9)29-53(45)65)63(43-19-15-35(3)23-39(43)7)51-27-47(55(67)31-59(51)71-11)62(42-18-14-34(2)22-38(42)6)48-28-52(60(72-12)32-56(48)68)64(44-20-16-36(4)24-40(44)8)50-26-46(61)54(66)30-58(50)70-10/h13-32,61-68H,1-12H3. The smallest absolute Gasteiger partial charge is 0.126 e. The summed E-state index contributed by atoms with van der Waals surface area (Å²) in [6.45, 7) is 16.5. The number of benzene rings is 8. The molecule has 0 amide bonds. The number of hydrogen-bond acceptors (Lipinski definition) is 8. The van der Waals surface area contributed by atoms with Gasteiger partial charge in [-0.15, -0.1) is 0 Å². The molecule has 9 rings (SSSR count). The van der Waals surface area contributed by atoms with E-state index in [1.165, 1.54) is 0 Å². The first-order chi connectivity index (χ1) is 34.5. The van der Waals surface area contributed by atoms with Crippen LogP contribution in [-0.2, 0) is 0 Å². The molecule has 0 atom stereocenters. The second-order valence-corrected chi connectivity index (χ2v) is 19.8. The van der Waals surface area contributed by atoms with Gasteiger partial charge >= 0.3 is 0 Å². The molecule has 72 heavy (non-hydrogen) atoms. The number of hydrogen-bond donors (Lipinski definition) is 4. The van der Waals surface area contributed by atoms with Crippen molar-refractivity contribution in [3.05, 3.63) is 233 Å². The fraction of sp³-hybridized carbons (Fsp3) is 0.250. The highest BCUT2D eigenvalue weighted by Crippen LogP contribution is 2.55. The Bertz CT molecular complexity index is 3070. The molecule has 4 N–H and O–H groups in total. The molecule has 0 aromatic heterocycles. The van der Waals surface area contributed by atoms with Crippen molar-refractivity contribution in [2.75, 3.05) is 28.4 Å². The molecule has 8 nitrogen and oxygen atoms in total. The van der Waals surface area contributed by atoms with Crippen LogP contribution in [0.5, 0.6) is 46.0 Å². The third kappa shape index (κ3) is 8.63. The van der Waals surface area contributed by atoms with Gasteiger partial charge < -0.3 is 39.4 Å². The molecule has 8 aromatic carbocycles. The zero-order valence-electron chi connectivity index (χ0n) is 43.3. The predicted octanol–water partition coefficient (Wildman–Crippen LogP) is 14.0. The minimum atomic E-state index is -0.740. The van der Waals surface area contributed by atoms with E-state index in [-0.39, 0.29) is 23.0 Å². The Labute approximate surface area is 423 Å². The zero-order chi connectivity index (χ0) is 51.4. The van der Waals surface area contributed by atoms with Gasteiger partial charge in [0.15, 0.2) is 0 Å². The Morgan fingerprint density at radius 2 is 0.444 bits per heavy atom. The Morgan fingerprint density at radius 3 is 0.625 bits per heavy atom. The molecule has 0 saturated heterocycles. The fourth-order valence-electron chi connectivity index (χ4n) is 11.6. The molecule has 8 bridgehead atoms. The van der Waals surface area contributed by atoms with Crippen molar-refractivity contribution in [3.8, 4) is 46.0 Å². The molecule has 0 saturated carbocycles. The van der Waals surface area contributed by atoms with Crippen LogP contribution in [0.4, 0.5) is 0 Å². The summed E-state index contributed by atoms with van der Waals surface area (Å²) < 4.78 is 25.1. The van der Waals surface area contributed by atoms with Crippen molar-refractivity contribution >= 4 is 0 Å². The topological polar surface area (TPSA) is 118 Å². The molecule has 0 unspecified atom stereocenters. The lowest BCUT2D eigenvalue weighted by molar-refractivity contribution is 0.393. The summed E-state index contributed by atoms with van der Waals surface area (Å²) in [4.78, 5) is 0. The van der Waals surface area contributed by atoms with Crippen LogP contribution in [0.25, 0.3) is 0 Å². The van der Waals surface area contributed by atoms with Gasteiger partial charge in [-0.3, -0.25) is 0 Å². The molecular weight excluding hydrogens is 897 g/mol. The van der Waals surface area contributed by atoms with E-state index in [0.717, 1.165) is 66.8 Å². The van der Waals surface area contributed by atoms with Gasteiger partial charge in [-0.25, -0.2) is 0 Å². The number of ether oxygens (including phenoxy) is 4. The zero-order valence-corrected chi connectivity index (χ0v) is 43.3. The molecular formula is C64H64O8. The van der Waals surface area contributed by atoms with Crippen LogP contribution in [0.15, 0.2) is 121 Å². The lowest BCUT2D eigenvalue weighted by Gasteiger charge is -2.32. The molecule has 1 aliphatic rings. The van der Waals surface area contributed by atoms with E-state index in [4.69, 9.17) is 18.9 Å². The maximum absolute atomic E-state index is 12.6. The average molecular weight is 961 g/mol. The van der Waals surface area contributed by atoms with Crippen LogP contribution in [0, 0.1) is 55.4 Å². The van der Waals surface area contributed by atoms with Crippen molar-refractivity contribution in [2.24, 2.45) is 0 Å². The van der Waals surface area contributed by atoms with E-state index in [9.17, 15) is 20.4 Å². The summed E-state index contributed by atoms with van der Waals surface area (Å²) in [5.41, 5.74) is 16.9. The average Bonchev–Trinajstić information content (AvgIpc) is 3.33. The normalized spacial score (nSPS) is 16.3. The molecule has 8 heteroatoms. The Kier molecular flexibility index (Phi) is 13.2. The molecule has 0 spiro atoms. The third-order valence-electron chi connectivity index (χ3n) is 14.9. The summed E-state index contributed by atoms with van der Waals surface area (Å²) in [5.74, 6) is -1.11. The number of rotatable bonds is 8. The summed E-state index contributed by atoms with van der Waals surface area (Å²) in [5, 5.41) is 50.4. The Balaban J connectivity index is 1.55. The van der Waals surface area contributed by atoms with Crippen LogP contribution < -0.4 is 18.9 Å². The Morgan fingerprint density at radius 1 is 0.250 bits per heavy atom. The maximum Gasteiger partial charge on any atom is 0.126 e. The first-order valence-corrected chi connectivity index (χ1v) is 24.4. The van der Waals surface area contributed by atoms with Crippen LogP contribution in [0.3, 0.4) is 0 Å².